The van der Waals surface area contributed by atoms with Crippen LogP contribution in [0.3, 0.4) is 0 Å². The van der Waals surface area contributed by atoms with Crippen molar-refractivity contribution < 1.29 is 57.6 Å². The summed E-state index contributed by atoms with van der Waals surface area (Å²) < 4.78 is 28.3. The summed E-state index contributed by atoms with van der Waals surface area (Å²) in [5, 5.41) is 61.1. The van der Waals surface area contributed by atoms with Crippen LogP contribution in [0.5, 0.6) is 0 Å². The molecular weight excluding hydrogens is 1890 g/mol. The summed E-state index contributed by atoms with van der Waals surface area (Å²) in [5.74, 6) is 0.140. The summed E-state index contributed by atoms with van der Waals surface area (Å²) in [4.78, 5) is 89.7. The average molecular weight is 2050 g/mol. The second-order valence-corrected chi connectivity index (χ2v) is 45.8. The maximum atomic E-state index is 12.0. The van der Waals surface area contributed by atoms with Gasteiger partial charge in [0.2, 0.25) is 26.6 Å². The highest BCUT2D eigenvalue weighted by Gasteiger charge is 2.25. The highest BCUT2D eigenvalue weighted by molar-refractivity contribution is 8.13. The van der Waals surface area contributed by atoms with Gasteiger partial charge in [0.25, 0.3) is 0 Å². The lowest BCUT2D eigenvalue weighted by molar-refractivity contribution is -0.138. The van der Waals surface area contributed by atoms with Crippen LogP contribution in [0.25, 0.3) is 45.0 Å². The molecule has 0 amide bonds. The van der Waals surface area contributed by atoms with E-state index in [4.69, 9.17) is 42.1 Å². The summed E-state index contributed by atoms with van der Waals surface area (Å²) in [7, 11) is -3.50. The molecule has 786 valence electrons. The van der Waals surface area contributed by atoms with Crippen LogP contribution < -0.4 is 5.73 Å². The Balaban J connectivity index is 0.000000433. The van der Waals surface area contributed by atoms with Crippen molar-refractivity contribution >= 4 is 68.1 Å². The number of hydrogen-bond donors (Lipinski definition) is 6. The molecule has 0 atom stereocenters. The number of nitrogens with zero attached hydrogens (tertiary/aromatic N) is 10. The number of rotatable bonds is 26. The smallest absolute Gasteiger partial charge is 0.305 e. The molecule has 0 aliphatic carbocycles. The Bertz CT molecular complexity index is 6230. The lowest BCUT2D eigenvalue weighted by Gasteiger charge is -2.19. The fourth-order valence-corrected chi connectivity index (χ4v) is 14.7. The standard InChI is InChI=1S/C18H21N3O.C18H19N3O.C18H24N2O3S.C18H24N2OS.C16H22O3.C12H16O.C12H18.C4H6O2.C2H6N2S.CH4/c2*1-18(2,3)14-7-4-6-13(10-14)16-11-15(8-5-9-22)20-17(12-19)21-16;1-18(2,3)14-8-5-7-13(11-14)16-12-15(9-6-10-21)19-17(20-16)24(4,22)23;1-18(2,3)14-8-5-7-13(11-14)16-12-15(9-6-10-21)19-17(20-16)22-4;1-16(2,3)13-7-4-6-12(10-13)15(19)11-14(18)8-5-9-17;1-9(13)10-6-5-7-11(8-10)12(2,3)4;1-5-10-7-6-8-11(9-10)12(2,3)4;5-4-2-1-3-6-4;1-5-2(3)4;/h4,6-7,10-11,22H,5,8-9H2,1-3H3;4,6-7,9-11H,5,8H2,1-3H3;5,7-8,11-12,21H,6,9-10H2,1-4H3;5,7-8,11-12,21H,6,9-10H2,1-4H3;4,6-7,10,17H,5,8-9,11H2,1-3H3;5-8H,1-4H3;6-9H,5H2,1-4H3;1-3H2;1H3,(H3,3,4);1H4. The predicted molar refractivity (Wildman–Crippen MR) is 597 cm³/mol. The topological polar surface area (TPSA) is 410 Å². The maximum Gasteiger partial charge on any atom is 0.305 e. The molecular formula is C119H160N12O12S3. The number of benzene rings is 7. The minimum absolute atomic E-state index is 0. The number of nitrogens with one attached hydrogen (secondary N) is 1. The van der Waals surface area contributed by atoms with Crippen LogP contribution in [-0.2, 0) is 99.0 Å². The third-order valence-corrected chi connectivity index (χ3v) is 24.4. The van der Waals surface area contributed by atoms with Crippen LogP contribution >= 0.6 is 23.5 Å². The van der Waals surface area contributed by atoms with Gasteiger partial charge in [0.1, 0.15) is 24.2 Å². The molecule has 1 aliphatic heterocycles. The second kappa shape index (κ2) is 61.5. The first-order valence-electron chi connectivity index (χ1n) is 49.2. The molecule has 24 nitrogen and oxygen atoms in total. The van der Waals surface area contributed by atoms with Crippen LogP contribution in [-0.4, -0.2) is 155 Å². The fraction of sp³-hybridized carbons (Fsp3) is 0.445. The van der Waals surface area contributed by atoms with E-state index in [1.807, 2.05) is 115 Å². The van der Waals surface area contributed by atoms with Gasteiger partial charge >= 0.3 is 5.97 Å². The molecule has 11 aromatic rings. The van der Waals surface area contributed by atoms with Gasteiger partial charge < -0.3 is 35.7 Å². The normalized spacial score (nSPS) is 11.7. The lowest BCUT2D eigenvalue weighted by atomic mass is 9.85. The molecule has 7 N–H and O–H groups in total. The molecule has 27 heteroatoms. The number of aliphatic hydroxyl groups excluding tert-OH is 4. The van der Waals surface area contributed by atoms with E-state index in [0.29, 0.717) is 74.9 Å². The largest absolute Gasteiger partial charge is 0.466 e. The van der Waals surface area contributed by atoms with E-state index in [1.54, 1.807) is 37.1 Å². The number of carbonyl (C=O) groups is 5. The predicted octanol–water partition coefficient (Wildman–Crippen LogP) is 24.4. The summed E-state index contributed by atoms with van der Waals surface area (Å²) in [6.07, 6.45) is 13.7. The van der Waals surface area contributed by atoms with Crippen LogP contribution in [0.2, 0.25) is 0 Å². The first-order chi connectivity index (χ1) is 67.9. The van der Waals surface area contributed by atoms with Gasteiger partial charge in [-0.15, -0.1) is 0 Å². The zero-order chi connectivity index (χ0) is 109. The van der Waals surface area contributed by atoms with E-state index >= 15 is 0 Å². The average Bonchev–Trinajstić information content (AvgIpc) is 0.856. The van der Waals surface area contributed by atoms with Crippen LogP contribution in [0.1, 0.15) is 324 Å². The van der Waals surface area contributed by atoms with Crippen molar-refractivity contribution in [1.82, 2.24) is 39.9 Å². The Labute approximate surface area is 879 Å². The first kappa shape index (κ1) is 128. The minimum Gasteiger partial charge on any atom is -0.466 e. The van der Waals surface area contributed by atoms with Gasteiger partial charge in [0.05, 0.1) is 35.8 Å². The Morgan fingerprint density at radius 1 is 0.459 bits per heavy atom. The highest BCUT2D eigenvalue weighted by Crippen LogP contribution is 2.35. The maximum absolute atomic E-state index is 12.0. The van der Waals surface area contributed by atoms with Crippen molar-refractivity contribution in [2.45, 2.75) is 305 Å². The third kappa shape index (κ3) is 47.2. The number of Topliss-reactive ketones (excluding diaryl/α,β-unsaturated/α-hetero) is 3. The van der Waals surface area contributed by atoms with Gasteiger partial charge in [-0.3, -0.25) is 24.6 Å². The second-order valence-electron chi connectivity index (χ2n) is 42.3. The SMILES string of the molecule is C.CC(=O)c1cccc(C(C)(C)C)c1.CC(C)(C)c1cccc(-c2cc(CCC=O)nc(C#N)n2)c1.CC(C)(C)c1cccc(-c2cc(CCCO)nc(C#N)n2)c1.CC(C)(C)c1cccc(-c2cc(CCCO)nc(S(C)(=O)=O)n2)c1.CC(C)(C)c1cccc(C(=O)CC(=O)CCCO)c1.CCc1cccc(C(C)(C)C)c1.CSC(=N)N.CSc1nc(CCCO)cc(-c2cccc(C(C)(C)C)c2)n1.O=C1CCCO1. The minimum atomic E-state index is -3.50. The molecule has 4 aromatic heterocycles. The van der Waals surface area contributed by atoms with E-state index in [2.05, 4.69) is 282 Å². The van der Waals surface area contributed by atoms with Crippen LogP contribution in [0, 0.1) is 28.1 Å². The molecule has 0 bridgehead atoms. The number of nitriles is 2. The van der Waals surface area contributed by atoms with E-state index in [0.717, 1.165) is 116 Å². The van der Waals surface area contributed by atoms with Crippen LogP contribution in [0.15, 0.2) is 204 Å². The quantitative estimate of drug-likeness (QED) is 0.00428. The number of ether oxygens (including phenoxy) is 1. The number of esters is 1. The zero-order valence-corrected chi connectivity index (χ0v) is 92.8. The molecule has 5 heterocycles. The van der Waals surface area contributed by atoms with Crippen molar-refractivity contribution in [1.29, 1.82) is 15.9 Å². The third-order valence-electron chi connectivity index (χ3n) is 22.5. The van der Waals surface area contributed by atoms with Crippen molar-refractivity contribution in [2.75, 3.05) is 51.8 Å². The number of nitrogens with two attached hydrogens (primary N) is 1. The van der Waals surface area contributed by atoms with Gasteiger partial charge in [0.15, 0.2) is 21.9 Å². The molecule has 1 saturated heterocycles. The Morgan fingerprint density at radius 3 is 1.10 bits per heavy atom. The lowest BCUT2D eigenvalue weighted by Crippen LogP contribution is -2.13. The van der Waals surface area contributed by atoms with Gasteiger partial charge in [-0.1, -0.05) is 317 Å². The highest BCUT2D eigenvalue weighted by atomic mass is 32.2. The first-order valence-corrected chi connectivity index (χ1v) is 53.5. The number of aryl methyl sites for hydroxylation is 5. The van der Waals surface area contributed by atoms with Crippen molar-refractivity contribution in [3.05, 3.63) is 284 Å². The molecule has 1 aliphatic rings. The Kier molecular flexibility index (Phi) is 54.0. The monoisotopic (exact) mass is 2050 g/mol. The number of thioether (sulfide) groups is 2. The van der Waals surface area contributed by atoms with Crippen molar-refractivity contribution in [2.24, 2.45) is 5.73 Å². The summed E-state index contributed by atoms with van der Waals surface area (Å²) >= 11 is 2.79. The Hall–Kier alpha value is -12.1. The number of aromatic nitrogens is 8. The number of aldehydes is 1. The number of hydrogen-bond acceptors (Lipinski definition) is 25. The number of sulfone groups is 1. The fourth-order valence-electron chi connectivity index (χ4n) is 13.7. The summed E-state index contributed by atoms with van der Waals surface area (Å²) in [5.41, 5.74) is 26.9. The Morgan fingerprint density at radius 2 is 0.788 bits per heavy atom. The van der Waals surface area contributed by atoms with Gasteiger partial charge in [-0.05, 0) is 227 Å². The van der Waals surface area contributed by atoms with Crippen molar-refractivity contribution in [3.8, 4) is 57.2 Å². The summed E-state index contributed by atoms with van der Waals surface area (Å²) in [6.45, 7) is 50.2. The molecule has 0 unspecified atom stereocenters. The summed E-state index contributed by atoms with van der Waals surface area (Å²) in [6, 6.07) is 68.6. The van der Waals surface area contributed by atoms with Crippen LogP contribution in [0.4, 0.5) is 0 Å². The molecule has 0 radical (unpaired) electrons. The number of cyclic esters (lactones) is 1. The molecule has 1 fully saturated rings. The van der Waals surface area contributed by atoms with Gasteiger partial charge in [0, 0.05) is 108 Å². The van der Waals surface area contributed by atoms with E-state index in [9.17, 15) is 32.4 Å². The molecule has 0 saturated carbocycles. The van der Waals surface area contributed by atoms with E-state index in [-0.39, 0.29) is 130 Å². The van der Waals surface area contributed by atoms with E-state index < -0.39 is 9.84 Å². The van der Waals surface area contributed by atoms with Gasteiger partial charge in [-0.25, -0.2) is 48.3 Å². The zero-order valence-electron chi connectivity index (χ0n) is 90.3. The van der Waals surface area contributed by atoms with Gasteiger partial charge in [-0.2, -0.15) is 10.5 Å². The number of aliphatic hydroxyl groups is 4. The number of amidine groups is 1. The molecule has 7 aromatic carbocycles. The molecule has 0 spiro atoms. The molecule has 12 rings (SSSR count). The van der Waals surface area contributed by atoms with E-state index in [1.165, 1.54) is 45.1 Å². The molecule has 146 heavy (non-hydrogen) atoms. The van der Waals surface area contributed by atoms with Crippen molar-refractivity contribution in [3.63, 3.8) is 0 Å². The number of carbonyl (C=O) groups excluding carboxylic acids is 5. The number of ketones is 3.